The molecule has 0 heterocycles. The summed E-state index contributed by atoms with van der Waals surface area (Å²) in [5.74, 6) is 0.461. The zero-order valence-electron chi connectivity index (χ0n) is 13.7. The van der Waals surface area contributed by atoms with Gasteiger partial charge in [0, 0.05) is 18.3 Å². The summed E-state index contributed by atoms with van der Waals surface area (Å²) in [6.45, 7) is 2.58. The van der Waals surface area contributed by atoms with Crippen molar-refractivity contribution in [3.8, 4) is 5.75 Å². The topological polar surface area (TPSA) is 67.6 Å². The van der Waals surface area contributed by atoms with E-state index in [9.17, 15) is 4.79 Å². The lowest BCUT2D eigenvalue weighted by molar-refractivity contribution is -0.120. The Hall–Kier alpha value is -2.53. The Morgan fingerprint density at radius 3 is 2.61 bits per heavy atom. The zero-order valence-corrected chi connectivity index (χ0v) is 13.7. The summed E-state index contributed by atoms with van der Waals surface area (Å²) in [6, 6.07) is 14.9. The van der Waals surface area contributed by atoms with Crippen LogP contribution in [0.1, 0.15) is 12.5 Å². The fraction of sp³-hybridized carbons (Fsp3) is 0.278. The van der Waals surface area contributed by atoms with E-state index in [1.165, 1.54) is 5.56 Å². The van der Waals surface area contributed by atoms with Crippen LogP contribution >= 0.6 is 0 Å². The smallest absolute Gasteiger partial charge is 0.241 e. The molecule has 1 unspecified atom stereocenters. The van der Waals surface area contributed by atoms with E-state index < -0.39 is 0 Å². The summed E-state index contributed by atoms with van der Waals surface area (Å²) in [7, 11) is 3.48. The first-order valence-electron chi connectivity index (χ1n) is 7.50. The molecule has 0 fully saturated rings. The normalized spacial score (nSPS) is 12.0. The third-order valence-electron chi connectivity index (χ3n) is 3.80. The first-order chi connectivity index (χ1) is 11.0. The van der Waals surface area contributed by atoms with Gasteiger partial charge in [-0.2, -0.15) is 0 Å². The number of carbonyl (C=O) groups excluding carboxylic acids is 1. The minimum atomic E-state index is -0.280. The number of rotatable bonds is 6. The Labute approximate surface area is 137 Å². The average Bonchev–Trinajstić information content (AvgIpc) is 2.56. The minimum absolute atomic E-state index is 0.0912. The molecule has 3 N–H and O–H groups in total. The molecule has 122 valence electrons. The number of ether oxygens (including phenoxy) is 1. The van der Waals surface area contributed by atoms with E-state index in [2.05, 4.69) is 5.32 Å². The van der Waals surface area contributed by atoms with Gasteiger partial charge in [0.1, 0.15) is 5.75 Å². The highest BCUT2D eigenvalue weighted by molar-refractivity contribution is 5.96. The number of nitrogens with one attached hydrogen (secondary N) is 1. The SMILES string of the molecule is COc1cc(N)ccc1NC(=O)C(C)N(C)Cc1ccccc1. The molecule has 23 heavy (non-hydrogen) atoms. The number of nitrogens with zero attached hydrogens (tertiary/aromatic N) is 1. The van der Waals surface area contributed by atoms with Gasteiger partial charge in [0.25, 0.3) is 0 Å². The third kappa shape index (κ3) is 4.47. The molecule has 1 amide bonds. The summed E-state index contributed by atoms with van der Waals surface area (Å²) in [6.07, 6.45) is 0. The maximum absolute atomic E-state index is 12.5. The minimum Gasteiger partial charge on any atom is -0.494 e. The first-order valence-corrected chi connectivity index (χ1v) is 7.50. The van der Waals surface area contributed by atoms with Crippen molar-refractivity contribution in [3.05, 3.63) is 54.1 Å². The molecule has 0 aliphatic carbocycles. The molecular weight excluding hydrogens is 290 g/mol. The number of benzene rings is 2. The van der Waals surface area contributed by atoms with E-state index in [1.54, 1.807) is 25.3 Å². The van der Waals surface area contributed by atoms with Crippen molar-refractivity contribution < 1.29 is 9.53 Å². The second kappa shape index (κ2) is 7.65. The van der Waals surface area contributed by atoms with Gasteiger partial charge >= 0.3 is 0 Å². The molecule has 0 saturated heterocycles. The third-order valence-corrected chi connectivity index (χ3v) is 3.80. The van der Waals surface area contributed by atoms with Crippen LogP contribution in [0.2, 0.25) is 0 Å². The fourth-order valence-electron chi connectivity index (χ4n) is 2.26. The number of hydrogen-bond donors (Lipinski definition) is 2. The second-order valence-electron chi connectivity index (χ2n) is 5.53. The van der Waals surface area contributed by atoms with Crippen molar-refractivity contribution in [1.82, 2.24) is 4.90 Å². The van der Waals surface area contributed by atoms with E-state index in [4.69, 9.17) is 10.5 Å². The number of methoxy groups -OCH3 is 1. The van der Waals surface area contributed by atoms with Crippen molar-refractivity contribution in [2.45, 2.75) is 19.5 Å². The summed E-state index contributed by atoms with van der Waals surface area (Å²) >= 11 is 0. The van der Waals surface area contributed by atoms with Gasteiger partial charge < -0.3 is 15.8 Å². The Morgan fingerprint density at radius 1 is 1.26 bits per heavy atom. The van der Waals surface area contributed by atoms with Crippen molar-refractivity contribution in [3.63, 3.8) is 0 Å². The van der Waals surface area contributed by atoms with E-state index in [1.807, 2.05) is 49.2 Å². The number of nitrogen functional groups attached to an aromatic ring is 1. The lowest BCUT2D eigenvalue weighted by atomic mass is 10.2. The van der Waals surface area contributed by atoms with Crippen molar-refractivity contribution in [2.24, 2.45) is 0 Å². The molecular formula is C18H23N3O2. The van der Waals surface area contributed by atoms with Gasteiger partial charge in [-0.25, -0.2) is 0 Å². The van der Waals surface area contributed by atoms with Crippen molar-refractivity contribution in [2.75, 3.05) is 25.2 Å². The van der Waals surface area contributed by atoms with Crippen LogP contribution in [0, 0.1) is 0 Å². The van der Waals surface area contributed by atoms with E-state index in [0.717, 1.165) is 0 Å². The Balaban J connectivity index is 2.02. The molecule has 0 saturated carbocycles. The van der Waals surface area contributed by atoms with Crippen LogP contribution < -0.4 is 15.8 Å². The predicted molar refractivity (Wildman–Crippen MR) is 93.4 cm³/mol. The Bertz CT molecular complexity index is 659. The molecule has 1 atom stereocenters. The van der Waals surface area contributed by atoms with E-state index >= 15 is 0 Å². The first kappa shape index (κ1) is 16.8. The highest BCUT2D eigenvalue weighted by Gasteiger charge is 2.19. The van der Waals surface area contributed by atoms with Crippen LogP contribution in [0.25, 0.3) is 0 Å². The van der Waals surface area contributed by atoms with Gasteiger partial charge in [-0.15, -0.1) is 0 Å². The van der Waals surface area contributed by atoms with Gasteiger partial charge in [-0.1, -0.05) is 30.3 Å². The number of nitrogens with two attached hydrogens (primary N) is 1. The fourth-order valence-corrected chi connectivity index (χ4v) is 2.26. The summed E-state index contributed by atoms with van der Waals surface area (Å²) in [5, 5.41) is 2.89. The monoisotopic (exact) mass is 313 g/mol. The number of amides is 1. The van der Waals surface area contributed by atoms with Crippen molar-refractivity contribution in [1.29, 1.82) is 0 Å². The molecule has 0 aromatic heterocycles. The van der Waals surface area contributed by atoms with E-state index in [0.29, 0.717) is 23.7 Å². The Morgan fingerprint density at radius 2 is 1.96 bits per heavy atom. The number of carbonyl (C=O) groups is 1. The molecule has 0 radical (unpaired) electrons. The Kier molecular flexibility index (Phi) is 5.60. The largest absolute Gasteiger partial charge is 0.494 e. The highest BCUT2D eigenvalue weighted by Crippen LogP contribution is 2.26. The quantitative estimate of drug-likeness (QED) is 0.805. The van der Waals surface area contributed by atoms with Crippen LogP contribution in [0.5, 0.6) is 5.75 Å². The predicted octanol–water partition coefficient (Wildman–Crippen LogP) is 2.74. The summed E-state index contributed by atoms with van der Waals surface area (Å²) < 4.78 is 5.25. The molecule has 2 aromatic rings. The molecule has 2 aromatic carbocycles. The highest BCUT2D eigenvalue weighted by atomic mass is 16.5. The lowest BCUT2D eigenvalue weighted by Gasteiger charge is -2.24. The molecule has 5 heteroatoms. The van der Waals surface area contributed by atoms with Crippen LogP contribution in [0.4, 0.5) is 11.4 Å². The zero-order chi connectivity index (χ0) is 16.8. The average molecular weight is 313 g/mol. The number of anilines is 2. The second-order valence-corrected chi connectivity index (χ2v) is 5.53. The summed E-state index contributed by atoms with van der Waals surface area (Å²) in [4.78, 5) is 14.5. The number of hydrogen-bond acceptors (Lipinski definition) is 4. The van der Waals surface area contributed by atoms with Crippen molar-refractivity contribution >= 4 is 17.3 Å². The number of likely N-dealkylation sites (N-methyl/N-ethyl adjacent to an activating group) is 1. The van der Waals surface area contributed by atoms with Gasteiger partial charge in [-0.05, 0) is 31.7 Å². The van der Waals surface area contributed by atoms with Gasteiger partial charge in [0.2, 0.25) is 5.91 Å². The van der Waals surface area contributed by atoms with Crippen LogP contribution in [0.15, 0.2) is 48.5 Å². The molecule has 2 rings (SSSR count). The maximum Gasteiger partial charge on any atom is 0.241 e. The van der Waals surface area contributed by atoms with Gasteiger partial charge in [0.15, 0.2) is 0 Å². The van der Waals surface area contributed by atoms with Gasteiger partial charge in [0.05, 0.1) is 18.8 Å². The summed E-state index contributed by atoms with van der Waals surface area (Å²) in [5.41, 5.74) is 8.10. The van der Waals surface area contributed by atoms with Gasteiger partial charge in [-0.3, -0.25) is 9.69 Å². The molecule has 0 bridgehead atoms. The van der Waals surface area contributed by atoms with E-state index in [-0.39, 0.29) is 11.9 Å². The molecule has 0 spiro atoms. The molecule has 0 aliphatic rings. The van der Waals surface area contributed by atoms with Crippen LogP contribution in [0.3, 0.4) is 0 Å². The molecule has 0 aliphatic heterocycles. The maximum atomic E-state index is 12.5. The van der Waals surface area contributed by atoms with Crippen LogP contribution in [-0.2, 0) is 11.3 Å². The lowest BCUT2D eigenvalue weighted by Crippen LogP contribution is -2.39. The molecule has 5 nitrogen and oxygen atoms in total. The van der Waals surface area contributed by atoms with Crippen LogP contribution in [-0.4, -0.2) is 31.0 Å². The standard InChI is InChI=1S/C18H23N3O2/c1-13(21(2)12-14-7-5-4-6-8-14)18(22)20-16-10-9-15(19)11-17(16)23-3/h4-11,13H,12,19H2,1-3H3,(H,20,22).